The van der Waals surface area contributed by atoms with Crippen LogP contribution in [0.2, 0.25) is 0 Å². The third-order valence-electron chi connectivity index (χ3n) is 6.42. The number of fused-ring (bicyclic) bond motifs is 2. The van der Waals surface area contributed by atoms with E-state index in [1.165, 1.54) is 0 Å². The lowest BCUT2D eigenvalue weighted by Crippen LogP contribution is -2.24. The van der Waals surface area contributed by atoms with Gasteiger partial charge in [0.15, 0.2) is 0 Å². The first kappa shape index (κ1) is 23.1. The molecular weight excluding hydrogens is 448 g/mol. The number of hydrogen-bond acceptors (Lipinski definition) is 3. The normalized spacial score (nSPS) is 10.8. The van der Waals surface area contributed by atoms with E-state index in [0.717, 1.165) is 55.8 Å². The van der Waals surface area contributed by atoms with Crippen LogP contribution >= 0.6 is 0 Å². The van der Waals surface area contributed by atoms with Gasteiger partial charge >= 0.3 is 6.03 Å². The molecule has 0 aliphatic carbocycles. The number of urea groups is 1. The summed E-state index contributed by atoms with van der Waals surface area (Å²) in [7, 11) is 1.58. The lowest BCUT2D eigenvalue weighted by Gasteiger charge is -2.19. The minimum absolute atomic E-state index is 0.276. The molecule has 2 amide bonds. The molecule has 36 heavy (non-hydrogen) atoms. The van der Waals surface area contributed by atoms with E-state index in [4.69, 9.17) is 4.74 Å². The van der Waals surface area contributed by atoms with E-state index in [2.05, 4.69) is 34.9 Å². The summed E-state index contributed by atoms with van der Waals surface area (Å²) in [6, 6.07) is 29.6. The highest BCUT2D eigenvalue weighted by Gasteiger charge is 2.18. The average Bonchev–Trinajstić information content (AvgIpc) is 2.91. The molecular formula is C31H26N2O3. The fourth-order valence-electron chi connectivity index (χ4n) is 4.64. The van der Waals surface area contributed by atoms with Crippen molar-refractivity contribution < 1.29 is 14.3 Å². The number of carbonyl (C=O) groups excluding carboxylic acids is 2. The van der Waals surface area contributed by atoms with Gasteiger partial charge in [0, 0.05) is 23.9 Å². The summed E-state index contributed by atoms with van der Waals surface area (Å²) in [4.78, 5) is 23.7. The van der Waals surface area contributed by atoms with Crippen LogP contribution in [0.25, 0.3) is 32.7 Å². The van der Waals surface area contributed by atoms with Crippen molar-refractivity contribution in [1.29, 1.82) is 0 Å². The summed E-state index contributed by atoms with van der Waals surface area (Å²) in [6.45, 7) is 2.31. The van der Waals surface area contributed by atoms with Crippen LogP contribution in [0, 0.1) is 6.92 Å². The van der Waals surface area contributed by atoms with Gasteiger partial charge in [-0.15, -0.1) is 0 Å². The van der Waals surface area contributed by atoms with Gasteiger partial charge in [-0.25, -0.2) is 4.79 Å². The molecule has 0 saturated carbocycles. The standard InChI is InChI=1S/C31H26N2O3/c1-20-24(18-34)17-23-10-4-6-13-27(23)29(20)30-26-12-5-3-9-22(26)14-15-28(30)36-19-21-8-7-11-25(16-21)33-31(35)32-2/h3-18H,19H2,1-2H3,(H2,32,33,35). The third-order valence-corrected chi connectivity index (χ3v) is 6.42. The predicted molar refractivity (Wildman–Crippen MR) is 146 cm³/mol. The van der Waals surface area contributed by atoms with Gasteiger partial charge in [-0.1, -0.05) is 66.7 Å². The molecule has 5 aromatic carbocycles. The molecule has 5 nitrogen and oxygen atoms in total. The van der Waals surface area contributed by atoms with Crippen LogP contribution in [-0.2, 0) is 6.61 Å². The highest BCUT2D eigenvalue weighted by atomic mass is 16.5. The topological polar surface area (TPSA) is 67.4 Å². The summed E-state index contributed by atoms with van der Waals surface area (Å²) in [5.41, 5.74) is 5.15. The van der Waals surface area contributed by atoms with Crippen LogP contribution in [0.15, 0.2) is 91.0 Å². The van der Waals surface area contributed by atoms with Gasteiger partial charge in [0.05, 0.1) is 0 Å². The maximum absolute atomic E-state index is 12.0. The molecule has 0 radical (unpaired) electrons. The van der Waals surface area contributed by atoms with Crippen molar-refractivity contribution in [3.8, 4) is 16.9 Å². The van der Waals surface area contributed by atoms with E-state index < -0.39 is 0 Å². The van der Waals surface area contributed by atoms with Crippen LogP contribution in [0.3, 0.4) is 0 Å². The summed E-state index contributed by atoms with van der Waals surface area (Å²) in [6.07, 6.45) is 0.919. The minimum Gasteiger partial charge on any atom is -0.488 e. The molecule has 0 saturated heterocycles. The van der Waals surface area contributed by atoms with Gasteiger partial charge < -0.3 is 15.4 Å². The molecule has 5 rings (SSSR count). The third kappa shape index (κ3) is 4.39. The first-order valence-corrected chi connectivity index (χ1v) is 11.8. The Morgan fingerprint density at radius 2 is 1.56 bits per heavy atom. The Kier molecular flexibility index (Phi) is 6.37. The number of nitrogens with one attached hydrogen (secondary N) is 2. The highest BCUT2D eigenvalue weighted by Crippen LogP contribution is 2.43. The van der Waals surface area contributed by atoms with Crippen LogP contribution in [0.5, 0.6) is 5.75 Å². The lowest BCUT2D eigenvalue weighted by atomic mass is 9.87. The maximum Gasteiger partial charge on any atom is 0.318 e. The Labute approximate surface area is 209 Å². The van der Waals surface area contributed by atoms with Crippen molar-refractivity contribution in [3.63, 3.8) is 0 Å². The Morgan fingerprint density at radius 3 is 2.31 bits per heavy atom. The zero-order valence-electron chi connectivity index (χ0n) is 20.2. The zero-order chi connectivity index (χ0) is 25.1. The Bertz CT molecular complexity index is 1610. The number of anilines is 1. The molecule has 0 aliphatic heterocycles. The molecule has 0 fully saturated rings. The molecule has 0 atom stereocenters. The summed E-state index contributed by atoms with van der Waals surface area (Å²) < 4.78 is 6.43. The van der Waals surface area contributed by atoms with Crippen molar-refractivity contribution in [2.24, 2.45) is 0 Å². The fourth-order valence-corrected chi connectivity index (χ4v) is 4.64. The first-order chi connectivity index (χ1) is 17.6. The monoisotopic (exact) mass is 474 g/mol. The summed E-state index contributed by atoms with van der Waals surface area (Å²) in [5.74, 6) is 0.731. The van der Waals surface area contributed by atoms with Gasteiger partial charge in [0.1, 0.15) is 18.6 Å². The fraction of sp³-hybridized carbons (Fsp3) is 0.0968. The summed E-state index contributed by atoms with van der Waals surface area (Å²) >= 11 is 0. The van der Waals surface area contributed by atoms with Crippen molar-refractivity contribution in [1.82, 2.24) is 5.32 Å². The summed E-state index contributed by atoms with van der Waals surface area (Å²) in [5, 5.41) is 9.58. The molecule has 0 aliphatic rings. The zero-order valence-corrected chi connectivity index (χ0v) is 20.2. The molecule has 2 N–H and O–H groups in total. The van der Waals surface area contributed by atoms with E-state index >= 15 is 0 Å². The van der Waals surface area contributed by atoms with E-state index in [-0.39, 0.29) is 6.03 Å². The Balaban J connectivity index is 1.64. The molecule has 0 unspecified atom stereocenters. The van der Waals surface area contributed by atoms with Crippen LogP contribution in [0.4, 0.5) is 10.5 Å². The van der Waals surface area contributed by atoms with E-state index in [9.17, 15) is 9.59 Å². The van der Waals surface area contributed by atoms with E-state index in [0.29, 0.717) is 17.9 Å². The largest absolute Gasteiger partial charge is 0.488 e. The Hall–Kier alpha value is -4.64. The van der Waals surface area contributed by atoms with E-state index in [1.807, 2.05) is 73.7 Å². The second-order valence-electron chi connectivity index (χ2n) is 8.66. The smallest absolute Gasteiger partial charge is 0.318 e. The number of carbonyl (C=O) groups is 2. The van der Waals surface area contributed by atoms with Gasteiger partial charge in [-0.2, -0.15) is 0 Å². The van der Waals surface area contributed by atoms with Gasteiger partial charge in [-0.3, -0.25) is 4.79 Å². The minimum atomic E-state index is -0.276. The quantitative estimate of drug-likeness (QED) is 0.258. The first-order valence-electron chi connectivity index (χ1n) is 11.8. The molecule has 0 heterocycles. The second-order valence-corrected chi connectivity index (χ2v) is 8.66. The number of amides is 2. The molecule has 178 valence electrons. The number of benzene rings is 5. The van der Waals surface area contributed by atoms with E-state index in [1.54, 1.807) is 7.05 Å². The molecule has 0 spiro atoms. The lowest BCUT2D eigenvalue weighted by molar-refractivity contribution is 0.112. The molecule has 5 heteroatoms. The van der Waals surface area contributed by atoms with Crippen molar-refractivity contribution in [3.05, 3.63) is 108 Å². The number of ether oxygens (including phenoxy) is 1. The molecule has 0 bridgehead atoms. The number of rotatable bonds is 6. The van der Waals surface area contributed by atoms with Gasteiger partial charge in [-0.05, 0) is 69.4 Å². The Morgan fingerprint density at radius 1 is 0.833 bits per heavy atom. The number of hydrogen-bond donors (Lipinski definition) is 2. The van der Waals surface area contributed by atoms with Gasteiger partial charge in [0.25, 0.3) is 0 Å². The van der Waals surface area contributed by atoms with Crippen LogP contribution in [-0.4, -0.2) is 19.4 Å². The van der Waals surface area contributed by atoms with Crippen molar-refractivity contribution in [2.75, 3.05) is 12.4 Å². The number of aldehydes is 1. The second kappa shape index (κ2) is 9.92. The SMILES string of the molecule is CNC(=O)Nc1cccc(COc2ccc3ccccc3c2-c2c(C)c(C=O)cc3ccccc23)c1. The maximum atomic E-state index is 12.0. The molecule has 0 aromatic heterocycles. The highest BCUT2D eigenvalue weighted by molar-refractivity contribution is 6.10. The van der Waals surface area contributed by atoms with Gasteiger partial charge in [0.2, 0.25) is 0 Å². The van der Waals surface area contributed by atoms with Crippen molar-refractivity contribution >= 4 is 39.5 Å². The molecule has 5 aromatic rings. The van der Waals surface area contributed by atoms with Crippen LogP contribution in [0.1, 0.15) is 21.5 Å². The predicted octanol–water partition coefficient (Wildman–Crippen LogP) is 7.11. The van der Waals surface area contributed by atoms with Crippen molar-refractivity contribution in [2.45, 2.75) is 13.5 Å². The van der Waals surface area contributed by atoms with Crippen LogP contribution < -0.4 is 15.4 Å². The average molecular weight is 475 g/mol.